The Bertz CT molecular complexity index is 670. The van der Waals surface area contributed by atoms with E-state index in [1.165, 1.54) is 12.8 Å². The number of hydrogen-bond acceptors (Lipinski definition) is 3. The predicted molar refractivity (Wildman–Crippen MR) is 109 cm³/mol. The first kappa shape index (κ1) is 19.7. The average molecular weight is 373 g/mol. The van der Waals surface area contributed by atoms with E-state index in [0.29, 0.717) is 18.3 Å². The summed E-state index contributed by atoms with van der Waals surface area (Å²) in [6.07, 6.45) is 7.64. The van der Waals surface area contributed by atoms with Crippen LogP contribution in [0.5, 0.6) is 0 Å². The van der Waals surface area contributed by atoms with Crippen molar-refractivity contribution in [3.8, 4) is 0 Å². The van der Waals surface area contributed by atoms with Crippen molar-refractivity contribution in [3.63, 3.8) is 0 Å². The third-order valence-corrected chi connectivity index (χ3v) is 5.91. The molecule has 1 aliphatic carbocycles. The van der Waals surface area contributed by atoms with E-state index < -0.39 is 0 Å². The molecule has 0 bridgehead atoms. The molecule has 2 fully saturated rings. The fourth-order valence-electron chi connectivity index (χ4n) is 4.13. The van der Waals surface area contributed by atoms with Crippen molar-refractivity contribution in [2.75, 3.05) is 30.8 Å². The molecule has 1 atom stereocenters. The van der Waals surface area contributed by atoms with E-state index in [9.17, 15) is 9.59 Å². The largest absolute Gasteiger partial charge is 0.338 e. The summed E-state index contributed by atoms with van der Waals surface area (Å²) in [5, 5.41) is 8.84. The van der Waals surface area contributed by atoms with Gasteiger partial charge in [0.25, 0.3) is 0 Å². The van der Waals surface area contributed by atoms with E-state index in [2.05, 4.69) is 27.9 Å². The Morgan fingerprint density at radius 3 is 2.59 bits per heavy atom. The smallest absolute Gasteiger partial charge is 0.319 e. The van der Waals surface area contributed by atoms with Gasteiger partial charge in [-0.15, -0.1) is 0 Å². The molecule has 0 radical (unpaired) electrons. The Labute approximate surface area is 162 Å². The Balaban J connectivity index is 1.49. The summed E-state index contributed by atoms with van der Waals surface area (Å²) in [7, 11) is 2.14. The van der Waals surface area contributed by atoms with E-state index in [0.717, 1.165) is 49.9 Å². The molecule has 3 rings (SSSR count). The zero-order valence-corrected chi connectivity index (χ0v) is 16.5. The number of nitrogens with one attached hydrogen (secondary N) is 3. The average Bonchev–Trinajstić information content (AvgIpc) is 3.30. The van der Waals surface area contributed by atoms with Crippen LogP contribution in [-0.4, -0.2) is 43.0 Å². The Morgan fingerprint density at radius 2 is 1.89 bits per heavy atom. The molecule has 3 amide bonds. The molecule has 148 valence electrons. The molecular formula is C21H32N4O2. The summed E-state index contributed by atoms with van der Waals surface area (Å²) in [6.45, 7) is 3.78. The maximum atomic E-state index is 12.4. The lowest BCUT2D eigenvalue weighted by molar-refractivity contribution is -0.119. The van der Waals surface area contributed by atoms with Crippen molar-refractivity contribution < 1.29 is 9.59 Å². The molecule has 1 saturated heterocycles. The van der Waals surface area contributed by atoms with Crippen LogP contribution in [0.3, 0.4) is 0 Å². The van der Waals surface area contributed by atoms with Crippen LogP contribution in [0.1, 0.15) is 50.5 Å². The van der Waals surface area contributed by atoms with Gasteiger partial charge in [0, 0.05) is 29.9 Å². The van der Waals surface area contributed by atoms with Gasteiger partial charge in [0.05, 0.1) is 0 Å². The van der Waals surface area contributed by atoms with E-state index in [1.807, 2.05) is 25.1 Å². The number of anilines is 2. The normalized spacial score (nSPS) is 20.6. The topological polar surface area (TPSA) is 73.5 Å². The molecule has 1 saturated carbocycles. The van der Waals surface area contributed by atoms with Crippen molar-refractivity contribution >= 4 is 23.3 Å². The van der Waals surface area contributed by atoms with Gasteiger partial charge >= 0.3 is 6.03 Å². The highest BCUT2D eigenvalue weighted by Gasteiger charge is 2.23. The van der Waals surface area contributed by atoms with Gasteiger partial charge in [-0.3, -0.25) is 4.79 Å². The molecule has 0 spiro atoms. The Hall–Kier alpha value is -2.08. The highest BCUT2D eigenvalue weighted by molar-refractivity contribution is 5.95. The minimum Gasteiger partial charge on any atom is -0.338 e. The molecule has 1 aliphatic heterocycles. The minimum absolute atomic E-state index is 0.0953. The summed E-state index contributed by atoms with van der Waals surface area (Å²) in [5.74, 6) is 0.218. The van der Waals surface area contributed by atoms with Gasteiger partial charge in [0.2, 0.25) is 5.91 Å². The van der Waals surface area contributed by atoms with Crippen molar-refractivity contribution in [3.05, 3.63) is 23.8 Å². The predicted octanol–water partition coefficient (Wildman–Crippen LogP) is 3.73. The zero-order valence-electron chi connectivity index (χ0n) is 16.5. The van der Waals surface area contributed by atoms with Crippen molar-refractivity contribution in [2.45, 2.75) is 57.9 Å². The highest BCUT2D eigenvalue weighted by atomic mass is 16.2. The number of carbonyl (C=O) groups excluding carboxylic acids is 2. The number of benzene rings is 1. The fourth-order valence-corrected chi connectivity index (χ4v) is 4.13. The number of carbonyl (C=O) groups is 2. The SMILES string of the molecule is Cc1ccc(NC(=O)NCC[C@@H]2CCCN2C)cc1NC(=O)C1CCCC1. The maximum Gasteiger partial charge on any atom is 0.319 e. The van der Waals surface area contributed by atoms with Gasteiger partial charge in [0.1, 0.15) is 0 Å². The lowest BCUT2D eigenvalue weighted by Crippen LogP contribution is -2.34. The van der Waals surface area contributed by atoms with Crippen molar-refractivity contribution in [1.29, 1.82) is 0 Å². The van der Waals surface area contributed by atoms with Gasteiger partial charge in [-0.25, -0.2) is 4.79 Å². The summed E-state index contributed by atoms with van der Waals surface area (Å²) in [4.78, 5) is 26.9. The number of nitrogens with zero attached hydrogens (tertiary/aromatic N) is 1. The van der Waals surface area contributed by atoms with Crippen LogP contribution in [0.15, 0.2) is 18.2 Å². The van der Waals surface area contributed by atoms with Crippen molar-refractivity contribution in [2.24, 2.45) is 5.92 Å². The molecule has 6 nitrogen and oxygen atoms in total. The van der Waals surface area contributed by atoms with Gasteiger partial charge < -0.3 is 20.9 Å². The van der Waals surface area contributed by atoms with Crippen LogP contribution in [0.4, 0.5) is 16.2 Å². The van der Waals surface area contributed by atoms with E-state index in [1.54, 1.807) is 0 Å². The number of hydrogen-bond donors (Lipinski definition) is 3. The van der Waals surface area contributed by atoms with Gasteiger partial charge in [-0.05, 0) is 70.3 Å². The molecule has 2 aliphatic rings. The first-order chi connectivity index (χ1) is 13.0. The summed E-state index contributed by atoms with van der Waals surface area (Å²) in [6, 6.07) is 6.00. The molecule has 3 N–H and O–H groups in total. The third kappa shape index (κ3) is 5.45. The van der Waals surface area contributed by atoms with E-state index in [4.69, 9.17) is 0 Å². The number of rotatable bonds is 6. The molecule has 27 heavy (non-hydrogen) atoms. The second-order valence-corrected chi connectivity index (χ2v) is 7.95. The van der Waals surface area contributed by atoms with Gasteiger partial charge in [-0.1, -0.05) is 18.9 Å². The van der Waals surface area contributed by atoms with Crippen LogP contribution in [0.25, 0.3) is 0 Å². The third-order valence-electron chi connectivity index (χ3n) is 5.91. The van der Waals surface area contributed by atoms with E-state index >= 15 is 0 Å². The van der Waals surface area contributed by atoms with Gasteiger partial charge in [-0.2, -0.15) is 0 Å². The molecule has 1 heterocycles. The highest BCUT2D eigenvalue weighted by Crippen LogP contribution is 2.27. The first-order valence-corrected chi connectivity index (χ1v) is 10.2. The molecule has 1 aromatic carbocycles. The van der Waals surface area contributed by atoms with E-state index in [-0.39, 0.29) is 17.9 Å². The number of urea groups is 1. The zero-order chi connectivity index (χ0) is 19.2. The summed E-state index contributed by atoms with van der Waals surface area (Å²) < 4.78 is 0. The lowest BCUT2D eigenvalue weighted by atomic mass is 10.1. The summed E-state index contributed by atoms with van der Waals surface area (Å²) >= 11 is 0. The molecule has 1 aromatic rings. The van der Waals surface area contributed by atoms with Crippen LogP contribution < -0.4 is 16.0 Å². The quantitative estimate of drug-likeness (QED) is 0.712. The van der Waals surface area contributed by atoms with Crippen LogP contribution in [0.2, 0.25) is 0 Å². The summed E-state index contributed by atoms with van der Waals surface area (Å²) in [5.41, 5.74) is 2.46. The lowest BCUT2D eigenvalue weighted by Gasteiger charge is -2.19. The standard InChI is InChI=1S/C21H32N4O2/c1-15-9-10-17(14-19(15)24-20(26)16-6-3-4-7-16)23-21(27)22-12-11-18-8-5-13-25(18)2/h9-10,14,16,18H,3-8,11-13H2,1-2H3,(H,24,26)(H2,22,23,27)/t18-/m0/s1. The Kier molecular flexibility index (Phi) is 6.72. The molecular weight excluding hydrogens is 340 g/mol. The first-order valence-electron chi connectivity index (χ1n) is 10.2. The molecule has 0 aromatic heterocycles. The van der Waals surface area contributed by atoms with Crippen LogP contribution in [0, 0.1) is 12.8 Å². The van der Waals surface area contributed by atoms with Gasteiger partial charge in [0.15, 0.2) is 0 Å². The number of aryl methyl sites for hydroxylation is 1. The van der Waals surface area contributed by atoms with Crippen LogP contribution >= 0.6 is 0 Å². The monoisotopic (exact) mass is 372 g/mol. The second kappa shape index (κ2) is 9.22. The second-order valence-electron chi connectivity index (χ2n) is 7.95. The maximum absolute atomic E-state index is 12.4. The number of amides is 3. The van der Waals surface area contributed by atoms with Crippen LogP contribution in [-0.2, 0) is 4.79 Å². The van der Waals surface area contributed by atoms with Crippen molar-refractivity contribution in [1.82, 2.24) is 10.2 Å². The fraction of sp³-hybridized carbons (Fsp3) is 0.619. The number of likely N-dealkylation sites (tertiary alicyclic amines) is 1. The molecule has 0 unspecified atom stereocenters. The minimum atomic E-state index is -0.201. The molecule has 6 heteroatoms. The Morgan fingerprint density at radius 1 is 1.11 bits per heavy atom.